The molecule has 8 rings (SSSR count). The Bertz CT molecular complexity index is 3150. The molecule has 0 radical (unpaired) electrons. The smallest absolute Gasteiger partial charge is 0.314 e. The molecular formula is C60H80Cl2N12O10S2. The Labute approximate surface area is 516 Å². The van der Waals surface area contributed by atoms with Crippen molar-refractivity contribution < 1.29 is 45.4 Å². The van der Waals surface area contributed by atoms with E-state index in [4.69, 9.17) is 42.1 Å². The van der Waals surface area contributed by atoms with Gasteiger partial charge in [0, 0.05) is 74.5 Å². The zero-order valence-electron chi connectivity index (χ0n) is 49.7. The number of carbonyl (C=O) groups excluding carboxylic acids is 2. The van der Waals surface area contributed by atoms with Crippen molar-refractivity contribution in [1.82, 2.24) is 50.3 Å². The van der Waals surface area contributed by atoms with E-state index >= 15 is 0 Å². The number of rotatable bonds is 29. The molecule has 466 valence electrons. The van der Waals surface area contributed by atoms with Crippen LogP contribution in [0.2, 0.25) is 10.0 Å². The molecule has 0 spiro atoms. The van der Waals surface area contributed by atoms with Crippen LogP contribution in [0.4, 0.5) is 9.59 Å². The number of sulfonamides is 2. The summed E-state index contributed by atoms with van der Waals surface area (Å²) < 4.78 is 84.3. The molecule has 4 amide bonds. The summed E-state index contributed by atoms with van der Waals surface area (Å²) in [4.78, 5) is 33.3. The number of carbonyl (C=O) groups is 2. The van der Waals surface area contributed by atoms with E-state index in [1.807, 2.05) is 54.2 Å². The topological polar surface area (TPSA) is 272 Å². The van der Waals surface area contributed by atoms with E-state index in [0.717, 1.165) is 22.3 Å². The standard InChI is InChI=1S/C60H80Cl2N12O10S2/c1-39-27-47(9-11-55(39)83-57-51-31-43(61)29-41(35-63)49(51)33-53(57)71(3)4)85(77,78)69-45-13-19-73(37-45)21-25-81-23-17-67-59(75)65-15-7-8-16-66-60(76)68-18-24-82-26-22-74-20-14-46(38-74)70-86(79,80)48-10-12-56(40(2)28-48)84-58-52-32-44(62)30-42(36-64)50(52)34-54(58)72(5)6/h9-12,27-32,45-46,53-54,57-58,69-70H,7-8,13-26,33-34,37-38H2,1-6H3,(H2,65,67,75)(H2,66,68,76)/t45-,46-,53+,54+,57+,58+/m1/s1. The van der Waals surface area contributed by atoms with Gasteiger partial charge in [0.25, 0.3) is 0 Å². The van der Waals surface area contributed by atoms with Crippen LogP contribution in [0.15, 0.2) is 70.5 Å². The first-order valence-corrected chi connectivity index (χ1v) is 32.9. The SMILES string of the molecule is Cc1cc(S(=O)(=O)N[C@@H]2CCN(CCOCCNC(=O)NCCCCNC(=O)NCCOCCN3CC[C@@H](NS(=O)(=O)c4ccc(O[C@H]5c6cc(Cl)cc(C#N)c6C[C@@H]5N(C)C)c(C)c4)C3)C2)ccc1O[C@H]1c2cc(Cl)cc(C#N)c2C[C@@H]1N(C)C. The van der Waals surface area contributed by atoms with Gasteiger partial charge in [-0.25, -0.2) is 35.9 Å². The number of nitrogens with one attached hydrogen (secondary N) is 6. The summed E-state index contributed by atoms with van der Waals surface area (Å²) in [5.74, 6) is 1.10. The first kappa shape index (κ1) is 66.1. The van der Waals surface area contributed by atoms with Gasteiger partial charge >= 0.3 is 12.1 Å². The van der Waals surface area contributed by atoms with Crippen LogP contribution < -0.4 is 40.2 Å². The largest absolute Gasteiger partial charge is 0.484 e. The van der Waals surface area contributed by atoms with Gasteiger partial charge in [-0.2, -0.15) is 10.5 Å². The van der Waals surface area contributed by atoms with Crippen molar-refractivity contribution >= 4 is 55.3 Å². The first-order valence-electron chi connectivity index (χ1n) is 29.1. The summed E-state index contributed by atoms with van der Waals surface area (Å²) in [7, 11) is 0.220. The molecule has 6 atom stereocenters. The summed E-state index contributed by atoms with van der Waals surface area (Å²) in [5, 5.41) is 31.6. The predicted molar refractivity (Wildman–Crippen MR) is 328 cm³/mol. The minimum absolute atomic E-state index is 0.0432. The number of amides is 4. The molecule has 6 N–H and O–H groups in total. The number of nitriles is 2. The Kier molecular flexibility index (Phi) is 23.4. The van der Waals surface area contributed by atoms with Gasteiger partial charge in [0.15, 0.2) is 0 Å². The highest BCUT2D eigenvalue weighted by atomic mass is 35.5. The van der Waals surface area contributed by atoms with Crippen molar-refractivity contribution in [1.29, 1.82) is 10.5 Å². The third-order valence-electron chi connectivity index (χ3n) is 16.2. The highest BCUT2D eigenvalue weighted by Gasteiger charge is 2.40. The van der Waals surface area contributed by atoms with Crippen molar-refractivity contribution in [2.75, 3.05) is 120 Å². The molecular weight excluding hydrogens is 1180 g/mol. The minimum atomic E-state index is -3.82. The summed E-state index contributed by atoms with van der Waals surface area (Å²) in [5.41, 5.74) is 5.94. The van der Waals surface area contributed by atoms with Gasteiger partial charge in [0.1, 0.15) is 23.7 Å². The van der Waals surface area contributed by atoms with Crippen LogP contribution in [0.1, 0.15) is 82.4 Å². The Morgan fingerprint density at radius 3 is 1.36 bits per heavy atom. The zero-order valence-corrected chi connectivity index (χ0v) is 52.9. The van der Waals surface area contributed by atoms with Crippen molar-refractivity contribution in [2.45, 2.75) is 98.5 Å². The number of unbranched alkanes of at least 4 members (excludes halogenated alkanes) is 1. The lowest BCUT2D eigenvalue weighted by molar-refractivity contribution is 0.110. The lowest BCUT2D eigenvalue weighted by atomic mass is 10.0. The zero-order chi connectivity index (χ0) is 61.7. The molecule has 26 heteroatoms. The number of likely N-dealkylation sites (N-methyl/N-ethyl adjacent to an activating group) is 2. The average Bonchev–Trinajstić information content (AvgIpc) is 2.16. The molecule has 22 nitrogen and oxygen atoms in total. The number of aryl methyl sites for hydroxylation is 2. The van der Waals surface area contributed by atoms with E-state index in [1.54, 1.807) is 48.5 Å². The monoisotopic (exact) mass is 1260 g/mol. The second kappa shape index (κ2) is 30.4. The second-order valence-electron chi connectivity index (χ2n) is 22.8. The van der Waals surface area contributed by atoms with Crippen molar-refractivity contribution in [2.24, 2.45) is 0 Å². The Morgan fingerprint density at radius 1 is 0.593 bits per heavy atom. The number of fused-ring (bicyclic) bond motifs is 2. The maximum absolute atomic E-state index is 13.5. The number of likely N-dealkylation sites (tertiary alicyclic amines) is 2. The molecule has 2 saturated heterocycles. The molecule has 2 fully saturated rings. The lowest BCUT2D eigenvalue weighted by Crippen LogP contribution is -2.39. The molecule has 4 aromatic rings. The molecule has 2 aliphatic heterocycles. The van der Waals surface area contributed by atoms with Crippen molar-refractivity contribution in [3.05, 3.63) is 115 Å². The molecule has 4 aromatic carbocycles. The number of benzene rings is 4. The average molecular weight is 1260 g/mol. The summed E-state index contributed by atoms with van der Waals surface area (Å²) in [6.45, 7) is 10.4. The van der Waals surface area contributed by atoms with Crippen molar-refractivity contribution in [3.63, 3.8) is 0 Å². The van der Waals surface area contributed by atoms with Gasteiger partial charge in [-0.15, -0.1) is 0 Å². The highest BCUT2D eigenvalue weighted by Crippen LogP contribution is 2.43. The first-order chi connectivity index (χ1) is 41.1. The number of hydrogen-bond donors (Lipinski definition) is 6. The molecule has 86 heavy (non-hydrogen) atoms. The number of nitrogens with zero attached hydrogens (tertiary/aromatic N) is 6. The van der Waals surface area contributed by atoms with Gasteiger partial charge in [-0.1, -0.05) is 23.2 Å². The number of hydrogen-bond acceptors (Lipinski definition) is 16. The minimum Gasteiger partial charge on any atom is -0.484 e. The predicted octanol–water partition coefficient (Wildman–Crippen LogP) is 5.38. The van der Waals surface area contributed by atoms with Crippen LogP contribution in [-0.2, 0) is 42.4 Å². The molecule has 0 aromatic heterocycles. The number of ether oxygens (including phenoxy) is 4. The number of urea groups is 2. The van der Waals surface area contributed by atoms with E-state index in [2.05, 4.69) is 62.4 Å². The summed E-state index contributed by atoms with van der Waals surface area (Å²) in [6, 6.07) is 20.0. The second-order valence-corrected chi connectivity index (χ2v) is 27.1. The Morgan fingerprint density at radius 2 is 0.988 bits per heavy atom. The van der Waals surface area contributed by atoms with Gasteiger partial charge in [-0.05, 0) is 188 Å². The summed E-state index contributed by atoms with van der Waals surface area (Å²) >= 11 is 12.8. The third kappa shape index (κ3) is 17.5. The maximum Gasteiger partial charge on any atom is 0.314 e. The van der Waals surface area contributed by atoms with Gasteiger partial charge < -0.3 is 50.0 Å². The van der Waals surface area contributed by atoms with E-state index in [9.17, 15) is 36.9 Å². The summed E-state index contributed by atoms with van der Waals surface area (Å²) in [6.07, 6.45) is 3.10. The van der Waals surface area contributed by atoms with E-state index in [-0.39, 0.29) is 46.0 Å². The number of halogens is 2. The Hall–Kier alpha value is -5.84. The van der Waals surface area contributed by atoms with Crippen LogP contribution in [0, 0.1) is 36.5 Å². The molecule has 2 heterocycles. The van der Waals surface area contributed by atoms with E-state index in [0.29, 0.717) is 174 Å². The fourth-order valence-corrected chi connectivity index (χ4v) is 14.7. The fourth-order valence-electron chi connectivity index (χ4n) is 11.5. The third-order valence-corrected chi connectivity index (χ3v) is 19.6. The normalized spacial score (nSPS) is 20.4. The van der Waals surface area contributed by atoms with E-state index in [1.165, 1.54) is 0 Å². The Balaban J connectivity index is 0.613. The van der Waals surface area contributed by atoms with Crippen LogP contribution in [0.5, 0.6) is 11.5 Å². The maximum atomic E-state index is 13.5. The molecule has 0 unspecified atom stereocenters. The van der Waals surface area contributed by atoms with Gasteiger partial charge in [0.05, 0.1) is 71.6 Å². The van der Waals surface area contributed by atoms with Crippen LogP contribution in [0.3, 0.4) is 0 Å². The van der Waals surface area contributed by atoms with E-state index < -0.39 is 32.3 Å². The van der Waals surface area contributed by atoms with Gasteiger partial charge in [-0.3, -0.25) is 9.80 Å². The van der Waals surface area contributed by atoms with Crippen LogP contribution in [-0.4, -0.2) is 193 Å². The van der Waals surface area contributed by atoms with Gasteiger partial charge in [0.2, 0.25) is 20.0 Å². The fraction of sp³-hybridized carbons (Fsp3) is 0.533. The molecule has 0 saturated carbocycles. The molecule has 0 bridgehead atoms. The van der Waals surface area contributed by atoms with Crippen LogP contribution >= 0.6 is 23.2 Å². The molecule has 4 aliphatic rings. The lowest BCUT2D eigenvalue weighted by Gasteiger charge is -2.28. The van der Waals surface area contributed by atoms with Crippen LogP contribution in [0.25, 0.3) is 0 Å². The quantitative estimate of drug-likeness (QED) is 0.0372. The highest BCUT2D eigenvalue weighted by molar-refractivity contribution is 7.89. The van der Waals surface area contributed by atoms with Crippen molar-refractivity contribution in [3.8, 4) is 23.6 Å². The molecule has 2 aliphatic carbocycles.